The van der Waals surface area contributed by atoms with Gasteiger partial charge in [0.2, 0.25) is 0 Å². The van der Waals surface area contributed by atoms with E-state index < -0.39 is 0 Å². The maximum absolute atomic E-state index is 4.02. The summed E-state index contributed by atoms with van der Waals surface area (Å²) in [6.07, 6.45) is 4.83. The predicted octanol–water partition coefficient (Wildman–Crippen LogP) is 3.23. The normalized spacial score (nSPS) is 27.8. The van der Waals surface area contributed by atoms with Crippen LogP contribution in [-0.2, 0) is 0 Å². The monoisotopic (exact) mass is 146 g/mol. The Hall–Kier alpha value is -0.780. The van der Waals surface area contributed by atoms with E-state index in [0.717, 1.165) is 0 Å². The topological polar surface area (TPSA) is 0 Å². The Morgan fingerprint density at radius 3 is 3.00 bits per heavy atom. The van der Waals surface area contributed by atoms with Crippen LogP contribution in [0.4, 0.5) is 0 Å². The van der Waals surface area contributed by atoms with E-state index in [2.05, 4.69) is 26.5 Å². The molecular weight excluding hydrogens is 132 g/mol. The highest BCUT2D eigenvalue weighted by Crippen LogP contribution is 2.47. The zero-order chi connectivity index (χ0) is 8.01. The molecule has 0 heteroatoms. The van der Waals surface area contributed by atoms with Crippen LogP contribution in [0.5, 0.6) is 0 Å². The van der Waals surface area contributed by atoms with Crippen molar-refractivity contribution in [2.75, 3.05) is 0 Å². The number of rotatable bonds is 1. The Bertz CT molecular complexity index is 276. The van der Waals surface area contributed by atoms with Crippen LogP contribution in [0.2, 0.25) is 0 Å². The molecule has 0 saturated heterocycles. The summed E-state index contributed by atoms with van der Waals surface area (Å²) in [4.78, 5) is 0. The van der Waals surface area contributed by atoms with Crippen molar-refractivity contribution in [1.29, 1.82) is 0 Å². The Morgan fingerprint density at radius 1 is 1.64 bits per heavy atom. The minimum absolute atomic E-state index is 0.649. The predicted molar refractivity (Wildman–Crippen MR) is 48.3 cm³/mol. The van der Waals surface area contributed by atoms with Gasteiger partial charge in [0.05, 0.1) is 0 Å². The summed E-state index contributed by atoms with van der Waals surface area (Å²) in [6.45, 7) is 8.41. The summed E-state index contributed by atoms with van der Waals surface area (Å²) in [5, 5.41) is 0. The van der Waals surface area contributed by atoms with E-state index in [0.29, 0.717) is 5.92 Å². The molecule has 58 valence electrons. The van der Waals surface area contributed by atoms with Crippen molar-refractivity contribution in [3.05, 3.63) is 34.9 Å². The molecular formula is C11H14. The third-order valence-electron chi connectivity index (χ3n) is 2.82. The minimum atomic E-state index is 0.649. The molecule has 0 aromatic carbocycles. The van der Waals surface area contributed by atoms with Gasteiger partial charge < -0.3 is 0 Å². The number of fused-ring (bicyclic) bond motifs is 1. The van der Waals surface area contributed by atoms with Gasteiger partial charge in [0.1, 0.15) is 0 Å². The molecule has 1 fully saturated rings. The SMILES string of the molecule is C=C(C)C1CC=C2CC2=C1C. The lowest BCUT2D eigenvalue weighted by atomic mass is 9.87. The average molecular weight is 146 g/mol. The fraction of sp³-hybridized carbons (Fsp3) is 0.455. The third-order valence-corrected chi connectivity index (χ3v) is 2.82. The molecule has 1 unspecified atom stereocenters. The Kier molecular flexibility index (Phi) is 1.32. The van der Waals surface area contributed by atoms with Gasteiger partial charge in [-0.25, -0.2) is 0 Å². The van der Waals surface area contributed by atoms with E-state index in [1.807, 2.05) is 0 Å². The Labute approximate surface area is 68.3 Å². The highest BCUT2D eigenvalue weighted by Gasteiger charge is 2.30. The van der Waals surface area contributed by atoms with Gasteiger partial charge in [-0.1, -0.05) is 23.8 Å². The van der Waals surface area contributed by atoms with E-state index in [-0.39, 0.29) is 0 Å². The second kappa shape index (κ2) is 2.10. The second-order valence-electron chi connectivity index (χ2n) is 3.70. The quantitative estimate of drug-likeness (QED) is 0.498. The zero-order valence-electron chi connectivity index (χ0n) is 7.28. The van der Waals surface area contributed by atoms with Gasteiger partial charge in [-0.2, -0.15) is 0 Å². The lowest BCUT2D eigenvalue weighted by Crippen LogP contribution is -2.03. The molecule has 0 bridgehead atoms. The van der Waals surface area contributed by atoms with Gasteiger partial charge in [-0.15, -0.1) is 0 Å². The lowest BCUT2D eigenvalue weighted by Gasteiger charge is -2.17. The molecule has 1 saturated carbocycles. The summed E-state index contributed by atoms with van der Waals surface area (Å²) in [6, 6.07) is 0. The van der Waals surface area contributed by atoms with Gasteiger partial charge >= 0.3 is 0 Å². The second-order valence-corrected chi connectivity index (χ2v) is 3.70. The molecule has 0 heterocycles. The molecule has 0 radical (unpaired) electrons. The standard InChI is InChI=1S/C11H14/c1-7(2)10-5-4-9-6-11(9)8(10)3/h4,10H,1,5-6H2,2-3H3. The molecule has 2 rings (SSSR count). The molecule has 0 nitrogen and oxygen atoms in total. The molecule has 2 aliphatic carbocycles. The lowest BCUT2D eigenvalue weighted by molar-refractivity contribution is 0.719. The largest absolute Gasteiger partial charge is 0.0995 e. The van der Waals surface area contributed by atoms with Gasteiger partial charge in [-0.05, 0) is 37.8 Å². The van der Waals surface area contributed by atoms with Crippen LogP contribution in [0.25, 0.3) is 0 Å². The highest BCUT2D eigenvalue weighted by atomic mass is 14.3. The average Bonchev–Trinajstić information content (AvgIpc) is 2.66. The highest BCUT2D eigenvalue weighted by molar-refractivity contribution is 5.56. The first kappa shape index (κ1) is 6.90. The van der Waals surface area contributed by atoms with Crippen LogP contribution in [-0.4, -0.2) is 0 Å². The Morgan fingerprint density at radius 2 is 2.36 bits per heavy atom. The first-order valence-electron chi connectivity index (χ1n) is 4.24. The molecule has 0 aliphatic heterocycles. The Balaban J connectivity index is 2.31. The van der Waals surface area contributed by atoms with Gasteiger partial charge in [0.15, 0.2) is 0 Å². The number of hydrogen-bond acceptors (Lipinski definition) is 0. The number of hydrogen-bond donors (Lipinski definition) is 0. The summed E-state index contributed by atoms with van der Waals surface area (Å²) in [5.41, 5.74) is 6.11. The van der Waals surface area contributed by atoms with Crippen molar-refractivity contribution in [2.45, 2.75) is 26.7 Å². The summed E-state index contributed by atoms with van der Waals surface area (Å²) < 4.78 is 0. The van der Waals surface area contributed by atoms with Crippen molar-refractivity contribution in [3.63, 3.8) is 0 Å². The van der Waals surface area contributed by atoms with Crippen LogP contribution in [0.1, 0.15) is 26.7 Å². The van der Waals surface area contributed by atoms with Crippen molar-refractivity contribution < 1.29 is 0 Å². The van der Waals surface area contributed by atoms with E-state index in [4.69, 9.17) is 0 Å². The maximum atomic E-state index is 4.02. The van der Waals surface area contributed by atoms with Crippen molar-refractivity contribution in [3.8, 4) is 0 Å². The van der Waals surface area contributed by atoms with Gasteiger partial charge in [-0.3, -0.25) is 0 Å². The van der Waals surface area contributed by atoms with Crippen molar-refractivity contribution in [1.82, 2.24) is 0 Å². The van der Waals surface area contributed by atoms with Crippen LogP contribution >= 0.6 is 0 Å². The first-order valence-corrected chi connectivity index (χ1v) is 4.24. The minimum Gasteiger partial charge on any atom is -0.0995 e. The third kappa shape index (κ3) is 0.973. The van der Waals surface area contributed by atoms with Crippen LogP contribution in [0, 0.1) is 5.92 Å². The molecule has 0 spiro atoms. The fourth-order valence-electron chi connectivity index (χ4n) is 1.95. The van der Waals surface area contributed by atoms with Crippen LogP contribution in [0.3, 0.4) is 0 Å². The molecule has 0 aromatic rings. The molecule has 0 amide bonds. The van der Waals surface area contributed by atoms with Crippen LogP contribution in [0.15, 0.2) is 34.9 Å². The maximum Gasteiger partial charge on any atom is 0.00395 e. The van der Waals surface area contributed by atoms with Gasteiger partial charge in [0, 0.05) is 5.92 Å². The van der Waals surface area contributed by atoms with E-state index in [9.17, 15) is 0 Å². The first-order chi connectivity index (χ1) is 5.20. The van der Waals surface area contributed by atoms with Crippen LogP contribution < -0.4 is 0 Å². The molecule has 2 aliphatic rings. The summed E-state index contributed by atoms with van der Waals surface area (Å²) in [5.74, 6) is 0.649. The van der Waals surface area contributed by atoms with Crippen molar-refractivity contribution in [2.24, 2.45) is 5.92 Å². The number of allylic oxidation sites excluding steroid dienone is 5. The molecule has 11 heavy (non-hydrogen) atoms. The summed E-state index contributed by atoms with van der Waals surface area (Å²) >= 11 is 0. The van der Waals surface area contributed by atoms with E-state index in [1.54, 1.807) is 16.7 Å². The smallest absolute Gasteiger partial charge is 0.00395 e. The summed E-state index contributed by atoms with van der Waals surface area (Å²) in [7, 11) is 0. The fourth-order valence-corrected chi connectivity index (χ4v) is 1.95. The van der Waals surface area contributed by atoms with Crippen molar-refractivity contribution >= 4 is 0 Å². The molecule has 1 atom stereocenters. The molecule has 0 N–H and O–H groups in total. The molecule has 0 aromatic heterocycles. The zero-order valence-corrected chi connectivity index (χ0v) is 7.28. The van der Waals surface area contributed by atoms with E-state index in [1.165, 1.54) is 18.4 Å². The van der Waals surface area contributed by atoms with E-state index >= 15 is 0 Å². The van der Waals surface area contributed by atoms with Gasteiger partial charge in [0.25, 0.3) is 0 Å².